The third kappa shape index (κ3) is 3.43. The fourth-order valence-corrected chi connectivity index (χ4v) is 3.62. The van der Waals surface area contributed by atoms with Gasteiger partial charge in [-0.15, -0.1) is 22.7 Å². The molecule has 0 fully saturated rings. The van der Waals surface area contributed by atoms with Gasteiger partial charge in [0.1, 0.15) is 11.1 Å². The molecule has 0 aliphatic heterocycles. The minimum absolute atomic E-state index is 0.383. The van der Waals surface area contributed by atoms with E-state index in [0.717, 1.165) is 16.1 Å². The Morgan fingerprint density at radius 1 is 1.25 bits per heavy atom. The van der Waals surface area contributed by atoms with E-state index in [0.29, 0.717) is 16.1 Å². The first kappa shape index (κ1) is 16.1. The lowest BCUT2D eigenvalue weighted by molar-refractivity contribution is 0.0600. The number of nitriles is 1. The summed E-state index contributed by atoms with van der Waals surface area (Å²) in [6.07, 6.45) is 1.76. The molecular weight excluding hydrogens is 340 g/mol. The van der Waals surface area contributed by atoms with Gasteiger partial charge in [-0.1, -0.05) is 18.2 Å². The van der Waals surface area contributed by atoms with E-state index < -0.39 is 0 Å². The molecule has 3 rings (SSSR count). The van der Waals surface area contributed by atoms with Crippen LogP contribution in [0.1, 0.15) is 20.9 Å². The van der Waals surface area contributed by atoms with Gasteiger partial charge in [-0.25, -0.2) is 9.78 Å². The number of esters is 1. The molecule has 0 saturated carbocycles. The number of aromatic nitrogens is 1. The van der Waals surface area contributed by atoms with Crippen LogP contribution >= 0.6 is 22.7 Å². The quantitative estimate of drug-likeness (QED) is 0.503. The second-order valence-electron chi connectivity index (χ2n) is 4.80. The summed E-state index contributed by atoms with van der Waals surface area (Å²) in [4.78, 5) is 17.1. The van der Waals surface area contributed by atoms with Crippen molar-refractivity contribution in [2.75, 3.05) is 7.11 Å². The number of hydrogen-bond acceptors (Lipinski definition) is 6. The second-order valence-corrected chi connectivity index (χ2v) is 6.60. The Bertz CT molecular complexity index is 917. The van der Waals surface area contributed by atoms with Crippen LogP contribution in [0, 0.1) is 11.3 Å². The molecule has 6 heteroatoms. The molecule has 0 radical (unpaired) electrons. The average Bonchev–Trinajstić information content (AvgIpc) is 3.30. The zero-order valence-electron chi connectivity index (χ0n) is 12.7. The molecular formula is C18H12N2O2S2. The molecule has 0 aliphatic carbocycles. The van der Waals surface area contributed by atoms with E-state index in [2.05, 4.69) is 15.8 Å². The molecule has 0 saturated heterocycles. The van der Waals surface area contributed by atoms with Gasteiger partial charge in [0, 0.05) is 5.38 Å². The van der Waals surface area contributed by atoms with Crippen LogP contribution in [0.3, 0.4) is 0 Å². The molecule has 0 unspecified atom stereocenters. The Balaban J connectivity index is 1.87. The number of rotatable bonds is 4. The number of carbonyl (C=O) groups is 1. The smallest absolute Gasteiger partial charge is 0.337 e. The van der Waals surface area contributed by atoms with E-state index in [9.17, 15) is 10.1 Å². The van der Waals surface area contributed by atoms with Gasteiger partial charge in [-0.05, 0) is 35.2 Å². The Labute approximate surface area is 147 Å². The number of nitrogens with zero attached hydrogens (tertiary/aromatic N) is 2. The SMILES string of the molecule is COC(=O)c1ccc(/C=C(\C#N)c2nc(-c3cccs3)cs2)cc1. The molecule has 3 aromatic rings. The minimum Gasteiger partial charge on any atom is -0.465 e. The molecule has 4 nitrogen and oxygen atoms in total. The monoisotopic (exact) mass is 352 g/mol. The Morgan fingerprint density at radius 2 is 2.04 bits per heavy atom. The van der Waals surface area contributed by atoms with Crippen LogP contribution in [0.4, 0.5) is 0 Å². The molecule has 0 atom stereocenters. The van der Waals surface area contributed by atoms with Crippen LogP contribution in [-0.4, -0.2) is 18.1 Å². The van der Waals surface area contributed by atoms with E-state index in [-0.39, 0.29) is 5.97 Å². The van der Waals surface area contributed by atoms with Crippen molar-refractivity contribution < 1.29 is 9.53 Å². The van der Waals surface area contributed by atoms with Crippen molar-refractivity contribution in [3.8, 4) is 16.6 Å². The summed E-state index contributed by atoms with van der Waals surface area (Å²) in [6, 6.07) is 13.1. The van der Waals surface area contributed by atoms with Gasteiger partial charge < -0.3 is 4.74 Å². The van der Waals surface area contributed by atoms with E-state index in [1.54, 1.807) is 41.7 Å². The van der Waals surface area contributed by atoms with E-state index in [1.165, 1.54) is 18.4 Å². The van der Waals surface area contributed by atoms with Crippen molar-refractivity contribution in [2.24, 2.45) is 0 Å². The lowest BCUT2D eigenvalue weighted by Crippen LogP contribution is -2.00. The summed E-state index contributed by atoms with van der Waals surface area (Å²) in [5.41, 5.74) is 2.68. The van der Waals surface area contributed by atoms with E-state index in [4.69, 9.17) is 0 Å². The largest absolute Gasteiger partial charge is 0.465 e. The van der Waals surface area contributed by atoms with Crippen molar-refractivity contribution in [2.45, 2.75) is 0 Å². The van der Waals surface area contributed by atoms with Gasteiger partial charge in [-0.3, -0.25) is 0 Å². The molecule has 0 N–H and O–H groups in total. The van der Waals surface area contributed by atoms with Gasteiger partial charge in [0.25, 0.3) is 0 Å². The molecule has 1 aromatic carbocycles. The predicted molar refractivity (Wildman–Crippen MR) is 96.7 cm³/mol. The highest BCUT2D eigenvalue weighted by atomic mass is 32.1. The van der Waals surface area contributed by atoms with Crippen LogP contribution in [0.25, 0.3) is 22.2 Å². The van der Waals surface area contributed by atoms with E-state index in [1.807, 2.05) is 22.9 Å². The van der Waals surface area contributed by atoms with Gasteiger partial charge in [0.05, 0.1) is 28.8 Å². The molecule has 0 aliphatic rings. The summed E-state index contributed by atoms with van der Waals surface area (Å²) in [5.74, 6) is -0.383. The number of allylic oxidation sites excluding steroid dienone is 1. The zero-order valence-corrected chi connectivity index (χ0v) is 14.4. The molecule has 2 aromatic heterocycles. The van der Waals surface area contributed by atoms with Crippen molar-refractivity contribution in [1.82, 2.24) is 4.98 Å². The van der Waals surface area contributed by atoms with Crippen LogP contribution < -0.4 is 0 Å². The molecule has 0 spiro atoms. The minimum atomic E-state index is -0.383. The van der Waals surface area contributed by atoms with Gasteiger partial charge in [0.15, 0.2) is 0 Å². The number of ether oxygens (including phenoxy) is 1. The average molecular weight is 352 g/mol. The van der Waals surface area contributed by atoms with Gasteiger partial charge in [-0.2, -0.15) is 5.26 Å². The molecule has 24 heavy (non-hydrogen) atoms. The van der Waals surface area contributed by atoms with Crippen LogP contribution in [0.5, 0.6) is 0 Å². The Morgan fingerprint density at radius 3 is 2.67 bits per heavy atom. The first-order valence-corrected chi connectivity index (χ1v) is 8.77. The summed E-state index contributed by atoms with van der Waals surface area (Å²) >= 11 is 3.06. The molecule has 118 valence electrons. The second kappa shape index (κ2) is 7.21. The third-order valence-corrected chi connectivity index (χ3v) is 5.04. The van der Waals surface area contributed by atoms with Crippen molar-refractivity contribution in [3.63, 3.8) is 0 Å². The predicted octanol–water partition coefficient (Wildman–Crippen LogP) is 4.72. The Kier molecular flexibility index (Phi) is 4.85. The highest BCUT2D eigenvalue weighted by Gasteiger charge is 2.10. The summed E-state index contributed by atoms with van der Waals surface area (Å²) < 4.78 is 4.67. The normalized spacial score (nSPS) is 11.1. The van der Waals surface area contributed by atoms with Crippen molar-refractivity contribution in [1.29, 1.82) is 5.26 Å². The lowest BCUT2D eigenvalue weighted by Gasteiger charge is -2.00. The number of hydrogen-bond donors (Lipinski definition) is 0. The Hall–Kier alpha value is -2.75. The standard InChI is InChI=1S/C18H12N2O2S2/c1-22-18(21)13-6-4-12(5-7-13)9-14(10-19)17-20-15(11-24-17)16-3-2-8-23-16/h2-9,11H,1H3/b14-9+. The van der Waals surface area contributed by atoms with Gasteiger partial charge >= 0.3 is 5.97 Å². The van der Waals surface area contributed by atoms with Crippen molar-refractivity contribution in [3.05, 3.63) is 63.3 Å². The number of carbonyl (C=O) groups excluding carboxylic acids is 1. The fraction of sp³-hybridized carbons (Fsp3) is 0.0556. The molecule has 0 bridgehead atoms. The van der Waals surface area contributed by atoms with Crippen molar-refractivity contribution >= 4 is 40.3 Å². The highest BCUT2D eigenvalue weighted by Crippen LogP contribution is 2.29. The molecule has 0 amide bonds. The first-order chi connectivity index (χ1) is 11.7. The number of benzene rings is 1. The maximum Gasteiger partial charge on any atom is 0.337 e. The van der Waals surface area contributed by atoms with Crippen LogP contribution in [0.2, 0.25) is 0 Å². The molecule has 2 heterocycles. The third-order valence-electron chi connectivity index (χ3n) is 3.27. The van der Waals surface area contributed by atoms with Crippen LogP contribution in [0.15, 0.2) is 47.2 Å². The highest BCUT2D eigenvalue weighted by molar-refractivity contribution is 7.14. The van der Waals surface area contributed by atoms with E-state index >= 15 is 0 Å². The lowest BCUT2D eigenvalue weighted by atomic mass is 10.1. The maximum atomic E-state index is 11.4. The first-order valence-electron chi connectivity index (χ1n) is 7.01. The summed E-state index contributed by atoms with van der Waals surface area (Å²) in [7, 11) is 1.34. The summed E-state index contributed by atoms with van der Waals surface area (Å²) in [5, 5.41) is 14.1. The van der Waals surface area contributed by atoms with Crippen LogP contribution in [-0.2, 0) is 4.74 Å². The fourth-order valence-electron chi connectivity index (χ4n) is 2.08. The number of methoxy groups -OCH3 is 1. The summed E-state index contributed by atoms with van der Waals surface area (Å²) in [6.45, 7) is 0. The number of thiazole rings is 1. The maximum absolute atomic E-state index is 11.4. The zero-order chi connectivity index (χ0) is 16.9. The topological polar surface area (TPSA) is 63.0 Å². The van der Waals surface area contributed by atoms with Gasteiger partial charge in [0.2, 0.25) is 0 Å². The number of thiophene rings is 1.